The zero-order chi connectivity index (χ0) is 10.4. The Hall–Kier alpha value is -0.870. The fraction of sp³-hybridized carbons (Fsp3) is 0.300. The van der Waals surface area contributed by atoms with Crippen molar-refractivity contribution in [3.8, 4) is 0 Å². The molecule has 0 spiro atoms. The molecule has 3 nitrogen and oxygen atoms in total. The highest BCUT2D eigenvalue weighted by Gasteiger charge is 2.07. The van der Waals surface area contributed by atoms with Gasteiger partial charge in [-0.2, -0.15) is 0 Å². The van der Waals surface area contributed by atoms with Crippen molar-refractivity contribution in [2.45, 2.75) is 0 Å². The topological polar surface area (TPSA) is 36.4 Å². The zero-order valence-corrected chi connectivity index (χ0v) is 9.44. The number of rotatable bonds is 5. The Morgan fingerprint density at radius 1 is 1.64 bits per heavy atom. The molecule has 1 heterocycles. The standard InChI is InChI=1S/C10H13BrN2O/c1-2-5-13(6-7-14)10-3-4-12-8-9(10)11/h2-4,8,14H,1,5-7H2. The first-order chi connectivity index (χ1) is 6.79. The van der Waals surface area contributed by atoms with Crippen LogP contribution >= 0.6 is 15.9 Å². The maximum Gasteiger partial charge on any atom is 0.0606 e. The Morgan fingerprint density at radius 3 is 3.00 bits per heavy atom. The molecule has 0 saturated heterocycles. The van der Waals surface area contributed by atoms with E-state index in [4.69, 9.17) is 5.11 Å². The smallest absolute Gasteiger partial charge is 0.0606 e. The van der Waals surface area contributed by atoms with E-state index in [0.717, 1.165) is 10.2 Å². The number of aliphatic hydroxyl groups is 1. The van der Waals surface area contributed by atoms with Crippen LogP contribution in [-0.4, -0.2) is 29.8 Å². The first-order valence-corrected chi connectivity index (χ1v) is 5.15. The lowest BCUT2D eigenvalue weighted by Gasteiger charge is -2.23. The van der Waals surface area contributed by atoms with E-state index in [1.165, 1.54) is 0 Å². The highest BCUT2D eigenvalue weighted by atomic mass is 79.9. The third kappa shape index (κ3) is 2.82. The van der Waals surface area contributed by atoms with Crippen molar-refractivity contribution in [1.29, 1.82) is 0 Å². The lowest BCUT2D eigenvalue weighted by Crippen LogP contribution is -2.26. The van der Waals surface area contributed by atoms with Crippen LogP contribution in [0.3, 0.4) is 0 Å². The summed E-state index contributed by atoms with van der Waals surface area (Å²) in [5.41, 5.74) is 1.02. The van der Waals surface area contributed by atoms with Crippen molar-refractivity contribution in [2.75, 3.05) is 24.6 Å². The van der Waals surface area contributed by atoms with Gasteiger partial charge in [-0.25, -0.2) is 0 Å². The van der Waals surface area contributed by atoms with Crippen LogP contribution in [0.5, 0.6) is 0 Å². The van der Waals surface area contributed by atoms with Crippen molar-refractivity contribution in [2.24, 2.45) is 0 Å². The van der Waals surface area contributed by atoms with E-state index in [0.29, 0.717) is 13.1 Å². The summed E-state index contributed by atoms with van der Waals surface area (Å²) in [5.74, 6) is 0. The maximum atomic E-state index is 8.91. The van der Waals surface area contributed by atoms with E-state index >= 15 is 0 Å². The normalized spacial score (nSPS) is 9.86. The molecule has 0 radical (unpaired) electrons. The van der Waals surface area contributed by atoms with Crippen LogP contribution < -0.4 is 4.90 Å². The van der Waals surface area contributed by atoms with Gasteiger partial charge in [0, 0.05) is 25.5 Å². The summed E-state index contributed by atoms with van der Waals surface area (Å²) >= 11 is 3.42. The molecule has 1 N–H and O–H groups in total. The molecule has 1 rings (SSSR count). The van der Waals surface area contributed by atoms with Gasteiger partial charge in [-0.1, -0.05) is 6.08 Å². The highest BCUT2D eigenvalue weighted by molar-refractivity contribution is 9.10. The highest BCUT2D eigenvalue weighted by Crippen LogP contribution is 2.24. The molecule has 0 fully saturated rings. The van der Waals surface area contributed by atoms with Crippen molar-refractivity contribution in [3.05, 3.63) is 35.6 Å². The predicted octanol–water partition coefficient (Wildman–Crippen LogP) is 1.83. The molecule has 0 aliphatic rings. The number of aliphatic hydroxyl groups excluding tert-OH is 1. The second-order valence-electron chi connectivity index (χ2n) is 2.79. The minimum Gasteiger partial charge on any atom is -0.395 e. The van der Waals surface area contributed by atoms with Crippen LogP contribution in [0, 0.1) is 0 Å². The van der Waals surface area contributed by atoms with Crippen LogP contribution in [0.25, 0.3) is 0 Å². The van der Waals surface area contributed by atoms with Crippen LogP contribution in [0.4, 0.5) is 5.69 Å². The summed E-state index contributed by atoms with van der Waals surface area (Å²) < 4.78 is 0.926. The Kier molecular flexibility index (Phi) is 4.62. The summed E-state index contributed by atoms with van der Waals surface area (Å²) in [7, 11) is 0. The summed E-state index contributed by atoms with van der Waals surface area (Å²) in [6.07, 6.45) is 5.28. The molecule has 0 amide bonds. The molecule has 0 aliphatic heterocycles. The SMILES string of the molecule is C=CCN(CCO)c1ccncc1Br. The summed E-state index contributed by atoms with van der Waals surface area (Å²) in [6, 6.07) is 1.91. The fourth-order valence-electron chi connectivity index (χ4n) is 1.21. The number of pyridine rings is 1. The van der Waals surface area contributed by atoms with Crippen molar-refractivity contribution >= 4 is 21.6 Å². The lowest BCUT2D eigenvalue weighted by molar-refractivity contribution is 0.303. The van der Waals surface area contributed by atoms with E-state index in [-0.39, 0.29) is 6.61 Å². The van der Waals surface area contributed by atoms with Gasteiger partial charge in [0.25, 0.3) is 0 Å². The lowest BCUT2D eigenvalue weighted by atomic mass is 10.3. The van der Waals surface area contributed by atoms with Crippen LogP contribution in [0.15, 0.2) is 35.6 Å². The van der Waals surface area contributed by atoms with Crippen molar-refractivity contribution in [1.82, 2.24) is 4.98 Å². The maximum absolute atomic E-state index is 8.91. The quantitative estimate of drug-likeness (QED) is 0.817. The molecule has 4 heteroatoms. The Morgan fingerprint density at radius 2 is 2.43 bits per heavy atom. The van der Waals surface area contributed by atoms with Gasteiger partial charge < -0.3 is 10.0 Å². The third-order valence-corrected chi connectivity index (χ3v) is 2.42. The summed E-state index contributed by atoms with van der Waals surface area (Å²) in [4.78, 5) is 6.01. The first-order valence-electron chi connectivity index (χ1n) is 4.35. The van der Waals surface area contributed by atoms with Crippen LogP contribution in [0.1, 0.15) is 0 Å². The molecule has 76 valence electrons. The van der Waals surface area contributed by atoms with Gasteiger partial charge in [-0.05, 0) is 22.0 Å². The average Bonchev–Trinajstić information content (AvgIpc) is 2.18. The number of hydrogen-bond acceptors (Lipinski definition) is 3. The van der Waals surface area contributed by atoms with E-state index in [9.17, 15) is 0 Å². The largest absolute Gasteiger partial charge is 0.395 e. The van der Waals surface area contributed by atoms with E-state index in [1.807, 2.05) is 17.0 Å². The molecule has 1 aromatic rings. The van der Waals surface area contributed by atoms with Gasteiger partial charge >= 0.3 is 0 Å². The Bertz CT molecular complexity index is 304. The minimum atomic E-state index is 0.128. The Labute approximate surface area is 92.2 Å². The van der Waals surface area contributed by atoms with Crippen molar-refractivity contribution < 1.29 is 5.11 Å². The molecule has 0 aromatic carbocycles. The van der Waals surface area contributed by atoms with Gasteiger partial charge in [0.1, 0.15) is 0 Å². The summed E-state index contributed by atoms with van der Waals surface area (Å²) in [6.45, 7) is 5.11. The van der Waals surface area contributed by atoms with Gasteiger partial charge in [0.05, 0.1) is 16.8 Å². The van der Waals surface area contributed by atoms with E-state index in [1.54, 1.807) is 12.4 Å². The number of hydrogen-bond donors (Lipinski definition) is 1. The molecular weight excluding hydrogens is 244 g/mol. The van der Waals surface area contributed by atoms with Crippen LogP contribution in [0.2, 0.25) is 0 Å². The second kappa shape index (κ2) is 5.78. The van der Waals surface area contributed by atoms with E-state index in [2.05, 4.69) is 27.5 Å². The minimum absolute atomic E-state index is 0.128. The second-order valence-corrected chi connectivity index (χ2v) is 3.64. The molecular formula is C10H13BrN2O. The molecule has 14 heavy (non-hydrogen) atoms. The molecule has 0 atom stereocenters. The van der Waals surface area contributed by atoms with Gasteiger partial charge in [-0.3, -0.25) is 4.98 Å². The van der Waals surface area contributed by atoms with E-state index < -0.39 is 0 Å². The monoisotopic (exact) mass is 256 g/mol. The molecule has 0 saturated carbocycles. The molecule has 0 aliphatic carbocycles. The first kappa shape index (κ1) is 11.2. The number of anilines is 1. The number of aromatic nitrogens is 1. The Balaban J connectivity index is 2.86. The van der Waals surface area contributed by atoms with Crippen molar-refractivity contribution in [3.63, 3.8) is 0 Å². The van der Waals surface area contributed by atoms with Gasteiger partial charge in [0.2, 0.25) is 0 Å². The predicted molar refractivity (Wildman–Crippen MR) is 61.4 cm³/mol. The zero-order valence-electron chi connectivity index (χ0n) is 7.86. The average molecular weight is 257 g/mol. The molecule has 0 bridgehead atoms. The molecule has 0 unspecified atom stereocenters. The van der Waals surface area contributed by atoms with Crippen LogP contribution in [-0.2, 0) is 0 Å². The number of nitrogens with zero attached hydrogens (tertiary/aromatic N) is 2. The number of halogens is 1. The summed E-state index contributed by atoms with van der Waals surface area (Å²) in [5, 5.41) is 8.91. The molecule has 1 aromatic heterocycles. The third-order valence-electron chi connectivity index (χ3n) is 1.81. The van der Waals surface area contributed by atoms with Gasteiger partial charge in [0.15, 0.2) is 0 Å². The van der Waals surface area contributed by atoms with Gasteiger partial charge in [-0.15, -0.1) is 6.58 Å². The fourth-order valence-corrected chi connectivity index (χ4v) is 1.71.